The molecule has 0 saturated carbocycles. The third-order valence-corrected chi connectivity index (χ3v) is 7.13. The van der Waals surface area contributed by atoms with Gasteiger partial charge in [-0.25, -0.2) is 22.5 Å². The minimum absolute atomic E-state index is 0.0331. The van der Waals surface area contributed by atoms with Crippen LogP contribution in [0.25, 0.3) is 27.8 Å². The van der Waals surface area contributed by atoms with Gasteiger partial charge in [0.1, 0.15) is 10.7 Å². The Balaban J connectivity index is 1.55. The lowest BCUT2D eigenvalue weighted by atomic mass is 10.1. The van der Waals surface area contributed by atoms with Crippen molar-refractivity contribution >= 4 is 49.7 Å². The van der Waals surface area contributed by atoms with Crippen molar-refractivity contribution in [3.63, 3.8) is 0 Å². The van der Waals surface area contributed by atoms with E-state index in [9.17, 15) is 12.8 Å². The molecule has 5 aromatic rings. The number of sulfonamides is 1. The Bertz CT molecular complexity index is 1560. The summed E-state index contributed by atoms with van der Waals surface area (Å²) in [4.78, 5) is 3.28. The van der Waals surface area contributed by atoms with Gasteiger partial charge in [0, 0.05) is 35.6 Å². The number of thiazole rings is 1. The van der Waals surface area contributed by atoms with Gasteiger partial charge in [-0.05, 0) is 24.3 Å². The van der Waals surface area contributed by atoms with Crippen LogP contribution in [0.4, 0.5) is 10.2 Å². The highest BCUT2D eigenvalue weighted by molar-refractivity contribution is 7.92. The number of anilines is 1. The van der Waals surface area contributed by atoms with Gasteiger partial charge in [-0.3, -0.25) is 9.40 Å². The van der Waals surface area contributed by atoms with Crippen LogP contribution in [0.5, 0.6) is 0 Å². The normalized spacial score (nSPS) is 11.8. The third-order valence-electron chi connectivity index (χ3n) is 4.87. The molecule has 0 radical (unpaired) electrons. The number of benzene rings is 2. The van der Waals surface area contributed by atoms with E-state index < -0.39 is 20.7 Å². The molecule has 0 amide bonds. The van der Waals surface area contributed by atoms with Crippen LogP contribution >= 0.6 is 22.9 Å². The highest BCUT2D eigenvalue weighted by Crippen LogP contribution is 2.31. The second-order valence-corrected chi connectivity index (χ2v) is 9.66. The standard InChI is InChI=1S/C20H14ClFN6O2S2/c1-27-16(4-5-24-27)12-2-3-17-13(6-12)9-25-28(17)18-8-15(22)19(7-14(18)21)32(29,30)26-20-10-31-11-23-20/h2-11,26H,1H3. The van der Waals surface area contributed by atoms with E-state index in [2.05, 4.69) is 19.9 Å². The van der Waals surface area contributed by atoms with Gasteiger partial charge in [0.15, 0.2) is 5.82 Å². The number of hydrogen-bond acceptors (Lipinski definition) is 6. The molecule has 0 unspecified atom stereocenters. The van der Waals surface area contributed by atoms with Crippen LogP contribution in [-0.4, -0.2) is 33.0 Å². The van der Waals surface area contributed by atoms with Crippen LogP contribution in [-0.2, 0) is 17.1 Å². The number of aryl methyl sites for hydroxylation is 1. The Hall–Kier alpha value is -3.28. The van der Waals surface area contributed by atoms with E-state index in [1.54, 1.807) is 17.1 Å². The largest absolute Gasteiger partial charge is 0.268 e. The Morgan fingerprint density at radius 1 is 1.16 bits per heavy atom. The molecule has 0 fully saturated rings. The molecule has 3 aromatic heterocycles. The second-order valence-electron chi connectivity index (χ2n) is 6.88. The van der Waals surface area contributed by atoms with Crippen LogP contribution in [0, 0.1) is 5.82 Å². The molecule has 5 rings (SSSR count). The summed E-state index contributed by atoms with van der Waals surface area (Å²) in [6.07, 6.45) is 3.35. The third kappa shape index (κ3) is 3.53. The molecular formula is C20H14ClFN6O2S2. The predicted molar refractivity (Wildman–Crippen MR) is 121 cm³/mol. The van der Waals surface area contributed by atoms with Gasteiger partial charge >= 0.3 is 0 Å². The van der Waals surface area contributed by atoms with E-state index in [1.165, 1.54) is 26.9 Å². The molecule has 3 heterocycles. The first kappa shape index (κ1) is 20.6. The fourth-order valence-electron chi connectivity index (χ4n) is 3.38. The van der Waals surface area contributed by atoms with Crippen molar-refractivity contribution in [3.8, 4) is 16.9 Å². The highest BCUT2D eigenvalue weighted by Gasteiger charge is 2.23. The number of aromatic nitrogens is 5. The summed E-state index contributed by atoms with van der Waals surface area (Å²) in [6.45, 7) is 0. The quantitative estimate of drug-likeness (QED) is 0.393. The molecule has 12 heteroatoms. The van der Waals surface area contributed by atoms with Gasteiger partial charge in [0.25, 0.3) is 10.0 Å². The van der Waals surface area contributed by atoms with Gasteiger partial charge < -0.3 is 0 Å². The average Bonchev–Trinajstić information content (AvgIpc) is 3.50. The molecule has 0 aliphatic carbocycles. The number of hydrogen-bond donors (Lipinski definition) is 1. The first-order valence-electron chi connectivity index (χ1n) is 9.20. The Kier molecular flexibility index (Phi) is 4.96. The lowest BCUT2D eigenvalue weighted by Crippen LogP contribution is -2.15. The van der Waals surface area contributed by atoms with Crippen molar-refractivity contribution in [2.45, 2.75) is 4.90 Å². The summed E-state index contributed by atoms with van der Waals surface area (Å²) in [7, 11) is -2.35. The van der Waals surface area contributed by atoms with Gasteiger partial charge in [0.2, 0.25) is 0 Å². The topological polar surface area (TPSA) is 94.7 Å². The van der Waals surface area contributed by atoms with Crippen LogP contribution in [0.3, 0.4) is 0 Å². The number of fused-ring (bicyclic) bond motifs is 1. The molecule has 1 N–H and O–H groups in total. The minimum atomic E-state index is -4.20. The molecule has 0 aliphatic rings. The fourth-order valence-corrected chi connectivity index (χ4v) is 5.34. The monoisotopic (exact) mass is 488 g/mol. The van der Waals surface area contributed by atoms with Gasteiger partial charge in [-0.1, -0.05) is 17.7 Å². The smallest absolute Gasteiger partial charge is 0.266 e. The maximum absolute atomic E-state index is 14.9. The summed E-state index contributed by atoms with van der Waals surface area (Å²) in [5, 5.41) is 10.9. The summed E-state index contributed by atoms with van der Waals surface area (Å²) < 4.78 is 45.5. The Morgan fingerprint density at radius 3 is 2.72 bits per heavy atom. The van der Waals surface area contributed by atoms with Crippen molar-refractivity contribution in [2.75, 3.05) is 4.72 Å². The van der Waals surface area contributed by atoms with Crippen molar-refractivity contribution in [1.29, 1.82) is 0 Å². The SMILES string of the molecule is Cn1nccc1-c1ccc2c(cnn2-c2cc(F)c(S(=O)(=O)Nc3cscn3)cc2Cl)c1. The maximum atomic E-state index is 14.9. The highest BCUT2D eigenvalue weighted by atomic mass is 35.5. The van der Waals surface area contributed by atoms with Crippen molar-refractivity contribution in [1.82, 2.24) is 24.5 Å². The van der Waals surface area contributed by atoms with Gasteiger partial charge in [-0.2, -0.15) is 10.2 Å². The molecular weight excluding hydrogens is 475 g/mol. The van der Waals surface area contributed by atoms with Gasteiger partial charge in [0.05, 0.1) is 33.6 Å². The summed E-state index contributed by atoms with van der Waals surface area (Å²) in [5.74, 6) is -0.848. The first-order chi connectivity index (χ1) is 15.3. The van der Waals surface area contributed by atoms with E-state index in [0.29, 0.717) is 5.52 Å². The summed E-state index contributed by atoms with van der Waals surface area (Å²) in [6, 6.07) is 9.71. The van der Waals surface area contributed by atoms with E-state index in [4.69, 9.17) is 11.6 Å². The van der Waals surface area contributed by atoms with Gasteiger partial charge in [-0.15, -0.1) is 11.3 Å². The first-order valence-corrected chi connectivity index (χ1v) is 12.0. The number of nitrogens with zero attached hydrogens (tertiary/aromatic N) is 5. The predicted octanol–water partition coefficient (Wildman–Crippen LogP) is 4.48. The zero-order valence-electron chi connectivity index (χ0n) is 16.4. The van der Waals surface area contributed by atoms with Crippen molar-refractivity contribution in [3.05, 3.63) is 70.5 Å². The minimum Gasteiger partial charge on any atom is -0.268 e. The molecule has 0 atom stereocenters. The fraction of sp³-hybridized carbons (Fsp3) is 0.0500. The second kappa shape index (κ2) is 7.69. The zero-order chi connectivity index (χ0) is 22.5. The van der Waals surface area contributed by atoms with Crippen molar-refractivity contribution < 1.29 is 12.8 Å². The Morgan fingerprint density at radius 2 is 2.00 bits per heavy atom. The van der Waals surface area contributed by atoms with E-state index in [0.717, 1.165) is 28.8 Å². The molecule has 0 aliphatic heterocycles. The van der Waals surface area contributed by atoms with E-state index in [1.807, 2.05) is 31.3 Å². The molecule has 32 heavy (non-hydrogen) atoms. The molecule has 0 bridgehead atoms. The lowest BCUT2D eigenvalue weighted by molar-refractivity contribution is 0.569. The lowest BCUT2D eigenvalue weighted by Gasteiger charge is -2.11. The average molecular weight is 489 g/mol. The van der Waals surface area contributed by atoms with E-state index in [-0.39, 0.29) is 16.5 Å². The molecule has 0 saturated heterocycles. The Labute approximate surface area is 191 Å². The zero-order valence-corrected chi connectivity index (χ0v) is 18.8. The van der Waals surface area contributed by atoms with Crippen LogP contribution in [0.2, 0.25) is 5.02 Å². The molecule has 162 valence electrons. The van der Waals surface area contributed by atoms with Crippen LogP contribution in [0.15, 0.2) is 64.6 Å². The van der Waals surface area contributed by atoms with Crippen LogP contribution < -0.4 is 4.72 Å². The van der Waals surface area contributed by atoms with Crippen molar-refractivity contribution in [2.24, 2.45) is 7.05 Å². The molecule has 8 nitrogen and oxygen atoms in total. The summed E-state index contributed by atoms with van der Waals surface area (Å²) in [5.41, 5.74) is 4.26. The number of rotatable bonds is 5. The number of nitrogens with one attached hydrogen (secondary N) is 1. The maximum Gasteiger partial charge on any atom is 0.266 e. The van der Waals surface area contributed by atoms with E-state index >= 15 is 0 Å². The number of halogens is 2. The molecule has 0 spiro atoms. The van der Waals surface area contributed by atoms with Crippen LogP contribution in [0.1, 0.15) is 0 Å². The molecule has 2 aromatic carbocycles. The summed E-state index contributed by atoms with van der Waals surface area (Å²) >= 11 is 7.58.